The number of benzene rings is 2. The zero-order valence-corrected chi connectivity index (χ0v) is 14.1. The Morgan fingerprint density at radius 2 is 1.88 bits per heavy atom. The predicted octanol–water partition coefficient (Wildman–Crippen LogP) is 2.80. The van der Waals surface area contributed by atoms with Crippen molar-refractivity contribution in [2.75, 3.05) is 7.11 Å². The Morgan fingerprint density at radius 1 is 1.17 bits per heavy atom. The van der Waals surface area contributed by atoms with E-state index in [-0.39, 0.29) is 11.4 Å². The molecular formula is C17H17FN2O3S. The molecule has 7 heteroatoms. The lowest BCUT2D eigenvalue weighted by Gasteiger charge is -2.06. The summed E-state index contributed by atoms with van der Waals surface area (Å²) in [6.45, 7) is 0.129. The second-order valence-electron chi connectivity index (χ2n) is 5.43. The van der Waals surface area contributed by atoms with Crippen LogP contribution in [0, 0.1) is 5.82 Å². The molecule has 0 aliphatic heterocycles. The summed E-state index contributed by atoms with van der Waals surface area (Å²) in [5, 5.41) is 0.915. The van der Waals surface area contributed by atoms with Gasteiger partial charge < -0.3 is 9.30 Å². The highest BCUT2D eigenvalue weighted by Gasteiger charge is 2.15. The molecule has 0 aliphatic rings. The van der Waals surface area contributed by atoms with Gasteiger partial charge in [-0.05, 0) is 48.0 Å². The first-order valence-electron chi connectivity index (χ1n) is 7.28. The number of aryl methyl sites for hydroxylation is 1. The quantitative estimate of drug-likeness (QED) is 0.771. The van der Waals surface area contributed by atoms with Gasteiger partial charge in [-0.2, -0.15) is 0 Å². The largest absolute Gasteiger partial charge is 0.497 e. The van der Waals surface area contributed by atoms with Crippen LogP contribution in [0.5, 0.6) is 5.75 Å². The molecular weight excluding hydrogens is 331 g/mol. The maximum absolute atomic E-state index is 12.9. The lowest BCUT2D eigenvalue weighted by atomic mass is 10.1. The van der Waals surface area contributed by atoms with Crippen LogP contribution in [0.1, 0.15) is 5.56 Å². The SMILES string of the molecule is COc1ccc2c(c1)c(CNS(=O)(=O)c1ccc(F)cc1)cn2C. The van der Waals surface area contributed by atoms with Gasteiger partial charge in [-0.25, -0.2) is 17.5 Å². The number of hydrogen-bond donors (Lipinski definition) is 1. The zero-order chi connectivity index (χ0) is 17.3. The molecule has 2 aromatic carbocycles. The van der Waals surface area contributed by atoms with Crippen molar-refractivity contribution in [1.29, 1.82) is 0 Å². The second-order valence-corrected chi connectivity index (χ2v) is 7.19. The van der Waals surface area contributed by atoms with Gasteiger partial charge in [-0.1, -0.05) is 0 Å². The standard InChI is InChI=1S/C17H17FN2O3S/c1-20-11-12(16-9-14(23-2)5-8-17(16)20)10-19-24(21,22)15-6-3-13(18)4-7-15/h3-9,11,19H,10H2,1-2H3. The second kappa shape index (κ2) is 6.26. The first-order chi connectivity index (χ1) is 11.4. The number of aromatic nitrogens is 1. The molecule has 0 amide bonds. The van der Waals surface area contributed by atoms with Crippen molar-refractivity contribution in [2.45, 2.75) is 11.4 Å². The molecule has 0 saturated carbocycles. The first kappa shape index (κ1) is 16.5. The van der Waals surface area contributed by atoms with Crippen molar-refractivity contribution >= 4 is 20.9 Å². The molecule has 0 fully saturated rings. The molecule has 3 rings (SSSR count). The van der Waals surface area contributed by atoms with E-state index in [4.69, 9.17) is 4.74 Å². The molecule has 0 saturated heterocycles. The van der Waals surface area contributed by atoms with Crippen molar-refractivity contribution in [3.05, 3.63) is 60.0 Å². The van der Waals surface area contributed by atoms with E-state index in [1.807, 2.05) is 36.0 Å². The highest BCUT2D eigenvalue weighted by molar-refractivity contribution is 7.89. The molecule has 24 heavy (non-hydrogen) atoms. The Labute approximate surface area is 139 Å². The highest BCUT2D eigenvalue weighted by atomic mass is 32.2. The number of ether oxygens (including phenoxy) is 1. The minimum atomic E-state index is -3.71. The summed E-state index contributed by atoms with van der Waals surface area (Å²) in [4.78, 5) is 0.0294. The minimum Gasteiger partial charge on any atom is -0.497 e. The third-order valence-corrected chi connectivity index (χ3v) is 5.27. The van der Waals surface area contributed by atoms with Crippen LogP contribution in [-0.2, 0) is 23.6 Å². The summed E-state index contributed by atoms with van der Waals surface area (Å²) in [6, 6.07) is 10.4. The third-order valence-electron chi connectivity index (χ3n) is 3.86. The van der Waals surface area contributed by atoms with Crippen LogP contribution in [0.3, 0.4) is 0 Å². The maximum Gasteiger partial charge on any atom is 0.240 e. The number of hydrogen-bond acceptors (Lipinski definition) is 3. The Hall–Kier alpha value is -2.38. The fourth-order valence-electron chi connectivity index (χ4n) is 2.59. The summed E-state index contributed by atoms with van der Waals surface area (Å²) in [5.41, 5.74) is 1.81. The van der Waals surface area contributed by atoms with Crippen LogP contribution in [-0.4, -0.2) is 20.1 Å². The summed E-state index contributed by atoms with van der Waals surface area (Å²) in [5.74, 6) is 0.228. The average Bonchev–Trinajstić information content (AvgIpc) is 2.89. The highest BCUT2D eigenvalue weighted by Crippen LogP contribution is 2.25. The van der Waals surface area contributed by atoms with Crippen molar-refractivity contribution in [3.8, 4) is 5.75 Å². The Morgan fingerprint density at radius 3 is 2.54 bits per heavy atom. The summed E-state index contributed by atoms with van der Waals surface area (Å²) in [7, 11) is -0.228. The van der Waals surface area contributed by atoms with Gasteiger partial charge in [0.15, 0.2) is 0 Å². The summed E-state index contributed by atoms with van der Waals surface area (Å²) >= 11 is 0. The Kier molecular flexibility index (Phi) is 4.29. The van der Waals surface area contributed by atoms with Crippen molar-refractivity contribution in [2.24, 2.45) is 7.05 Å². The maximum atomic E-state index is 12.9. The summed E-state index contributed by atoms with van der Waals surface area (Å²) < 4.78 is 47.3. The van der Waals surface area contributed by atoms with Gasteiger partial charge in [0.25, 0.3) is 0 Å². The fraction of sp³-hybridized carbons (Fsp3) is 0.176. The summed E-state index contributed by atoms with van der Waals surface area (Å²) in [6.07, 6.45) is 1.87. The molecule has 0 bridgehead atoms. The molecule has 1 aromatic heterocycles. The van der Waals surface area contributed by atoms with E-state index in [9.17, 15) is 12.8 Å². The molecule has 0 radical (unpaired) electrons. The van der Waals surface area contributed by atoms with Gasteiger partial charge >= 0.3 is 0 Å². The molecule has 5 nitrogen and oxygen atoms in total. The molecule has 3 aromatic rings. The normalized spacial score (nSPS) is 11.8. The molecule has 0 aliphatic carbocycles. The molecule has 1 N–H and O–H groups in total. The van der Waals surface area contributed by atoms with Gasteiger partial charge in [0, 0.05) is 30.7 Å². The predicted molar refractivity (Wildman–Crippen MR) is 89.9 cm³/mol. The Balaban J connectivity index is 1.88. The van der Waals surface area contributed by atoms with E-state index in [1.165, 1.54) is 12.1 Å². The first-order valence-corrected chi connectivity index (χ1v) is 8.76. The average molecular weight is 348 g/mol. The van der Waals surface area contributed by atoms with Crippen LogP contribution in [0.25, 0.3) is 10.9 Å². The number of nitrogens with one attached hydrogen (secondary N) is 1. The number of rotatable bonds is 5. The van der Waals surface area contributed by atoms with E-state index in [1.54, 1.807) is 7.11 Å². The van der Waals surface area contributed by atoms with Gasteiger partial charge in [-0.15, -0.1) is 0 Å². The monoisotopic (exact) mass is 348 g/mol. The third kappa shape index (κ3) is 3.13. The van der Waals surface area contributed by atoms with Crippen molar-refractivity contribution in [1.82, 2.24) is 9.29 Å². The van der Waals surface area contributed by atoms with E-state index >= 15 is 0 Å². The van der Waals surface area contributed by atoms with Crippen LogP contribution in [0.15, 0.2) is 53.6 Å². The fourth-order valence-corrected chi connectivity index (χ4v) is 3.60. The molecule has 1 heterocycles. The Bertz CT molecular complexity index is 979. The smallest absolute Gasteiger partial charge is 0.240 e. The molecule has 0 atom stereocenters. The van der Waals surface area contributed by atoms with Crippen molar-refractivity contribution < 1.29 is 17.5 Å². The van der Waals surface area contributed by atoms with E-state index < -0.39 is 15.8 Å². The number of methoxy groups -OCH3 is 1. The lowest BCUT2D eigenvalue weighted by molar-refractivity contribution is 0.415. The number of fused-ring (bicyclic) bond motifs is 1. The van der Waals surface area contributed by atoms with E-state index in [0.717, 1.165) is 28.6 Å². The van der Waals surface area contributed by atoms with Gasteiger partial charge in [0.1, 0.15) is 11.6 Å². The molecule has 126 valence electrons. The minimum absolute atomic E-state index is 0.0294. The van der Waals surface area contributed by atoms with E-state index in [2.05, 4.69) is 4.72 Å². The molecule has 0 unspecified atom stereocenters. The number of halogens is 1. The van der Waals surface area contributed by atoms with Crippen LogP contribution in [0.2, 0.25) is 0 Å². The topological polar surface area (TPSA) is 60.3 Å². The van der Waals surface area contributed by atoms with Crippen molar-refractivity contribution in [3.63, 3.8) is 0 Å². The van der Waals surface area contributed by atoms with Crippen LogP contribution in [0.4, 0.5) is 4.39 Å². The molecule has 0 spiro atoms. The van der Waals surface area contributed by atoms with Gasteiger partial charge in [-0.3, -0.25) is 0 Å². The lowest BCUT2D eigenvalue weighted by Crippen LogP contribution is -2.23. The van der Waals surface area contributed by atoms with Gasteiger partial charge in [0.2, 0.25) is 10.0 Å². The van der Waals surface area contributed by atoms with E-state index in [0.29, 0.717) is 5.75 Å². The number of nitrogens with zero attached hydrogens (tertiary/aromatic N) is 1. The number of sulfonamides is 1. The zero-order valence-electron chi connectivity index (χ0n) is 13.3. The van der Waals surface area contributed by atoms with Crippen LogP contribution < -0.4 is 9.46 Å². The van der Waals surface area contributed by atoms with Crippen LogP contribution >= 0.6 is 0 Å². The van der Waals surface area contributed by atoms with Gasteiger partial charge in [0.05, 0.1) is 12.0 Å².